The molecule has 0 unspecified atom stereocenters. The van der Waals surface area contributed by atoms with Crippen molar-refractivity contribution in [3.05, 3.63) is 41.8 Å². The highest BCUT2D eigenvalue weighted by Gasteiger charge is 2.21. The van der Waals surface area contributed by atoms with E-state index in [-0.39, 0.29) is 6.04 Å². The summed E-state index contributed by atoms with van der Waals surface area (Å²) in [4.78, 5) is 6.52. The van der Waals surface area contributed by atoms with E-state index in [1.807, 2.05) is 30.3 Å². The summed E-state index contributed by atoms with van der Waals surface area (Å²) < 4.78 is 5.27. The lowest BCUT2D eigenvalue weighted by molar-refractivity contribution is 0.366. The summed E-state index contributed by atoms with van der Waals surface area (Å²) in [6.45, 7) is 2.00. The molecule has 94 valence electrons. The highest BCUT2D eigenvalue weighted by Crippen LogP contribution is 2.21. The van der Waals surface area contributed by atoms with E-state index in [1.54, 1.807) is 0 Å². The molecule has 5 nitrogen and oxygen atoms in total. The zero-order valence-electron chi connectivity index (χ0n) is 10.1. The van der Waals surface area contributed by atoms with E-state index in [1.165, 1.54) is 12.8 Å². The number of benzene rings is 1. The maximum atomic E-state index is 6.11. The van der Waals surface area contributed by atoms with Gasteiger partial charge in [0.1, 0.15) is 6.04 Å². The van der Waals surface area contributed by atoms with E-state index in [4.69, 9.17) is 10.3 Å². The number of aromatic nitrogens is 2. The average Bonchev–Trinajstić information content (AvgIpc) is 3.09. The molecule has 1 fully saturated rings. The average molecular weight is 244 g/mol. The Morgan fingerprint density at radius 1 is 1.17 bits per heavy atom. The van der Waals surface area contributed by atoms with E-state index in [0.717, 1.165) is 18.7 Å². The second-order valence-electron chi connectivity index (χ2n) is 4.52. The van der Waals surface area contributed by atoms with Crippen LogP contribution in [-0.4, -0.2) is 23.2 Å². The molecule has 0 bridgehead atoms. The van der Waals surface area contributed by atoms with Crippen molar-refractivity contribution in [3.8, 4) is 0 Å². The summed E-state index contributed by atoms with van der Waals surface area (Å²) in [5.74, 6) is 1.14. The topological polar surface area (TPSA) is 68.2 Å². The Morgan fingerprint density at radius 2 is 1.89 bits per heavy atom. The molecule has 2 aromatic rings. The van der Waals surface area contributed by atoms with Gasteiger partial charge >= 0.3 is 0 Å². The fraction of sp³-hybridized carbons (Fsp3) is 0.385. The van der Waals surface area contributed by atoms with Crippen molar-refractivity contribution in [3.63, 3.8) is 0 Å². The van der Waals surface area contributed by atoms with Crippen LogP contribution < -0.4 is 10.6 Å². The molecular formula is C13H16N4O. The summed E-state index contributed by atoms with van der Waals surface area (Å²) in [5.41, 5.74) is 7.09. The summed E-state index contributed by atoms with van der Waals surface area (Å²) in [5, 5.41) is 4.00. The molecule has 1 aromatic heterocycles. The largest absolute Gasteiger partial charge is 0.338 e. The van der Waals surface area contributed by atoms with Gasteiger partial charge in [-0.25, -0.2) is 0 Å². The normalized spacial score (nSPS) is 17.1. The number of hydrogen-bond donors (Lipinski definition) is 1. The summed E-state index contributed by atoms with van der Waals surface area (Å²) >= 11 is 0. The van der Waals surface area contributed by atoms with Gasteiger partial charge in [0.25, 0.3) is 5.95 Å². The van der Waals surface area contributed by atoms with Crippen molar-refractivity contribution in [2.75, 3.05) is 18.0 Å². The minimum Gasteiger partial charge on any atom is -0.338 e. The first-order valence-corrected chi connectivity index (χ1v) is 6.23. The number of hydrogen-bond acceptors (Lipinski definition) is 5. The van der Waals surface area contributed by atoms with Gasteiger partial charge in [0, 0.05) is 13.1 Å². The third-order valence-electron chi connectivity index (χ3n) is 3.24. The molecule has 2 N–H and O–H groups in total. The molecule has 2 heterocycles. The maximum Gasteiger partial charge on any atom is 0.266 e. The van der Waals surface area contributed by atoms with E-state index in [0.29, 0.717) is 11.8 Å². The van der Waals surface area contributed by atoms with Crippen LogP contribution in [0.4, 0.5) is 5.95 Å². The van der Waals surface area contributed by atoms with Crippen LogP contribution in [0.1, 0.15) is 30.3 Å². The van der Waals surface area contributed by atoms with Crippen molar-refractivity contribution in [1.82, 2.24) is 10.1 Å². The Balaban J connectivity index is 1.80. The first kappa shape index (κ1) is 11.2. The first-order chi connectivity index (χ1) is 8.84. The zero-order chi connectivity index (χ0) is 12.4. The molecule has 1 aromatic carbocycles. The molecule has 0 saturated carbocycles. The van der Waals surface area contributed by atoms with Crippen LogP contribution in [0.15, 0.2) is 34.9 Å². The molecule has 0 amide bonds. The van der Waals surface area contributed by atoms with Crippen molar-refractivity contribution < 1.29 is 4.52 Å². The number of rotatable bonds is 3. The maximum absolute atomic E-state index is 6.11. The molecule has 0 spiro atoms. The van der Waals surface area contributed by atoms with Crippen LogP contribution in [0.25, 0.3) is 0 Å². The first-order valence-electron chi connectivity index (χ1n) is 6.23. The molecule has 1 aliphatic rings. The molecule has 1 saturated heterocycles. The fourth-order valence-electron chi connectivity index (χ4n) is 2.20. The van der Waals surface area contributed by atoms with Crippen LogP contribution in [0, 0.1) is 0 Å². The Bertz CT molecular complexity index is 505. The van der Waals surface area contributed by atoms with Gasteiger partial charge in [0.05, 0.1) is 0 Å². The van der Waals surface area contributed by atoms with Gasteiger partial charge in [-0.15, -0.1) is 0 Å². The van der Waals surface area contributed by atoms with Crippen LogP contribution in [-0.2, 0) is 0 Å². The van der Waals surface area contributed by atoms with Crippen molar-refractivity contribution in [2.24, 2.45) is 5.73 Å². The standard InChI is InChI=1S/C13H16N4O/c14-11(10-6-2-1-3-7-10)12-15-13(16-18-12)17-8-4-5-9-17/h1-3,6-7,11H,4-5,8-9,14H2/t11-/m1/s1. The van der Waals surface area contributed by atoms with E-state index < -0.39 is 0 Å². The van der Waals surface area contributed by atoms with E-state index in [9.17, 15) is 0 Å². The van der Waals surface area contributed by atoms with Gasteiger partial charge in [0.15, 0.2) is 0 Å². The molecule has 18 heavy (non-hydrogen) atoms. The number of anilines is 1. The van der Waals surface area contributed by atoms with Gasteiger partial charge < -0.3 is 15.2 Å². The Hall–Kier alpha value is -1.88. The third kappa shape index (κ3) is 2.09. The SMILES string of the molecule is N[C@H](c1ccccc1)c1nc(N2CCCC2)no1. The molecular weight excluding hydrogens is 228 g/mol. The summed E-state index contributed by atoms with van der Waals surface area (Å²) in [6, 6.07) is 9.43. The molecule has 1 atom stereocenters. The van der Waals surface area contributed by atoms with Crippen LogP contribution in [0.5, 0.6) is 0 Å². The van der Waals surface area contributed by atoms with Gasteiger partial charge in [-0.1, -0.05) is 30.3 Å². The molecule has 0 radical (unpaired) electrons. The second-order valence-corrected chi connectivity index (χ2v) is 4.52. The van der Waals surface area contributed by atoms with Crippen molar-refractivity contribution in [2.45, 2.75) is 18.9 Å². The fourth-order valence-corrected chi connectivity index (χ4v) is 2.20. The second kappa shape index (κ2) is 4.78. The highest BCUT2D eigenvalue weighted by atomic mass is 16.5. The van der Waals surface area contributed by atoms with Gasteiger partial charge in [-0.05, 0) is 23.6 Å². The molecule has 5 heteroatoms. The lowest BCUT2D eigenvalue weighted by atomic mass is 10.1. The Morgan fingerprint density at radius 3 is 2.61 bits per heavy atom. The summed E-state index contributed by atoms with van der Waals surface area (Å²) in [7, 11) is 0. The van der Waals surface area contributed by atoms with E-state index >= 15 is 0 Å². The van der Waals surface area contributed by atoms with Gasteiger partial charge in [-0.2, -0.15) is 4.98 Å². The monoisotopic (exact) mass is 244 g/mol. The smallest absolute Gasteiger partial charge is 0.266 e. The van der Waals surface area contributed by atoms with Crippen LogP contribution >= 0.6 is 0 Å². The van der Waals surface area contributed by atoms with Gasteiger partial charge in [0.2, 0.25) is 5.89 Å². The van der Waals surface area contributed by atoms with Crippen LogP contribution in [0.3, 0.4) is 0 Å². The number of nitrogens with zero attached hydrogens (tertiary/aromatic N) is 3. The Kier molecular flexibility index (Phi) is 2.98. The zero-order valence-corrected chi connectivity index (χ0v) is 10.1. The van der Waals surface area contributed by atoms with Crippen molar-refractivity contribution >= 4 is 5.95 Å². The minimum absolute atomic E-state index is 0.352. The molecule has 1 aliphatic heterocycles. The lowest BCUT2D eigenvalue weighted by Crippen LogP contribution is -2.19. The van der Waals surface area contributed by atoms with Gasteiger partial charge in [-0.3, -0.25) is 0 Å². The quantitative estimate of drug-likeness (QED) is 0.890. The Labute approximate surface area is 106 Å². The highest BCUT2D eigenvalue weighted by molar-refractivity contribution is 5.31. The third-order valence-corrected chi connectivity index (χ3v) is 3.24. The predicted molar refractivity (Wildman–Crippen MR) is 68.2 cm³/mol. The molecule has 0 aliphatic carbocycles. The minimum atomic E-state index is -0.352. The van der Waals surface area contributed by atoms with E-state index in [2.05, 4.69) is 15.0 Å². The number of nitrogens with two attached hydrogens (primary N) is 1. The van der Waals surface area contributed by atoms with Crippen molar-refractivity contribution in [1.29, 1.82) is 0 Å². The summed E-state index contributed by atoms with van der Waals surface area (Å²) in [6.07, 6.45) is 2.38. The molecule has 3 rings (SSSR count). The van der Waals surface area contributed by atoms with Crippen LogP contribution in [0.2, 0.25) is 0 Å². The predicted octanol–water partition coefficient (Wildman–Crippen LogP) is 1.72. The lowest BCUT2D eigenvalue weighted by Gasteiger charge is -2.10.